The molecule has 7 heteroatoms. The summed E-state index contributed by atoms with van der Waals surface area (Å²) in [7, 11) is 0. The molecule has 1 aliphatic rings. The monoisotopic (exact) mass is 527 g/mol. The van der Waals surface area contributed by atoms with Crippen LogP contribution in [0.1, 0.15) is 52.9 Å². The van der Waals surface area contributed by atoms with Crippen LogP contribution in [0.2, 0.25) is 0 Å². The largest absolute Gasteiger partial charge is 0.490 e. The third-order valence-corrected chi connectivity index (χ3v) is 7.00. The van der Waals surface area contributed by atoms with Gasteiger partial charge in [0.2, 0.25) is 0 Å². The Kier molecular flexibility index (Phi) is 9.82. The van der Waals surface area contributed by atoms with E-state index >= 15 is 0 Å². The number of fused-ring (bicyclic) bond motifs is 1. The zero-order valence-electron chi connectivity index (χ0n) is 22.8. The second-order valence-corrected chi connectivity index (χ2v) is 9.85. The Labute approximate surface area is 231 Å². The number of ether oxygens (including phenoxy) is 2. The lowest BCUT2D eigenvalue weighted by Gasteiger charge is -2.21. The highest BCUT2D eigenvalue weighted by atomic mass is 16.5. The second-order valence-electron chi connectivity index (χ2n) is 9.85. The quantitative estimate of drug-likeness (QED) is 0.277. The molecule has 7 nitrogen and oxygen atoms in total. The summed E-state index contributed by atoms with van der Waals surface area (Å²) >= 11 is 0. The maximum atomic E-state index is 11.5. The Morgan fingerprint density at radius 3 is 2.62 bits per heavy atom. The van der Waals surface area contributed by atoms with E-state index in [4.69, 9.17) is 9.47 Å². The number of rotatable bonds is 14. The highest BCUT2D eigenvalue weighted by Gasteiger charge is 2.24. The molecule has 1 aliphatic heterocycles. The van der Waals surface area contributed by atoms with Crippen LogP contribution >= 0.6 is 0 Å². The summed E-state index contributed by atoms with van der Waals surface area (Å²) in [5.41, 5.74) is 5.35. The van der Waals surface area contributed by atoms with E-state index in [2.05, 4.69) is 29.3 Å². The van der Waals surface area contributed by atoms with Crippen molar-refractivity contribution in [2.45, 2.75) is 45.6 Å². The van der Waals surface area contributed by atoms with Crippen LogP contribution in [-0.4, -0.2) is 50.0 Å². The number of hydrogen-bond donors (Lipinski definition) is 2. The van der Waals surface area contributed by atoms with Crippen molar-refractivity contribution in [3.8, 4) is 17.6 Å². The van der Waals surface area contributed by atoms with Crippen molar-refractivity contribution in [1.82, 2.24) is 5.32 Å². The van der Waals surface area contributed by atoms with Crippen LogP contribution in [0.15, 0.2) is 60.7 Å². The van der Waals surface area contributed by atoms with Gasteiger partial charge in [-0.15, -0.1) is 0 Å². The summed E-state index contributed by atoms with van der Waals surface area (Å²) in [5, 5.41) is 22.9. The molecule has 0 spiro atoms. The molecule has 0 fully saturated rings. The van der Waals surface area contributed by atoms with E-state index in [0.29, 0.717) is 37.3 Å². The van der Waals surface area contributed by atoms with Crippen molar-refractivity contribution in [1.29, 1.82) is 5.26 Å². The van der Waals surface area contributed by atoms with Gasteiger partial charge in [-0.3, -0.25) is 0 Å². The van der Waals surface area contributed by atoms with Gasteiger partial charge in [-0.2, -0.15) is 5.26 Å². The van der Waals surface area contributed by atoms with Gasteiger partial charge >= 0.3 is 5.97 Å². The number of para-hydroxylation sites is 2. The van der Waals surface area contributed by atoms with Gasteiger partial charge in [-0.1, -0.05) is 36.4 Å². The minimum absolute atomic E-state index is 0.229. The van der Waals surface area contributed by atoms with E-state index in [1.54, 1.807) is 12.1 Å². The fourth-order valence-electron chi connectivity index (χ4n) is 5.26. The van der Waals surface area contributed by atoms with Crippen LogP contribution in [0.3, 0.4) is 0 Å². The van der Waals surface area contributed by atoms with Crippen molar-refractivity contribution >= 4 is 11.7 Å². The molecule has 4 rings (SSSR count). The Morgan fingerprint density at radius 1 is 1.13 bits per heavy atom. The van der Waals surface area contributed by atoms with Gasteiger partial charge < -0.3 is 24.8 Å². The van der Waals surface area contributed by atoms with Crippen molar-refractivity contribution < 1.29 is 19.4 Å². The van der Waals surface area contributed by atoms with Gasteiger partial charge in [0.15, 0.2) is 11.5 Å². The maximum Gasteiger partial charge on any atom is 0.335 e. The Balaban J connectivity index is 1.30. The number of nitrogens with one attached hydrogen (secondary N) is 1. The van der Waals surface area contributed by atoms with Gasteiger partial charge in [-0.05, 0) is 80.5 Å². The third kappa shape index (κ3) is 7.30. The molecule has 0 bridgehead atoms. The lowest BCUT2D eigenvalue weighted by atomic mass is 9.99. The molecule has 39 heavy (non-hydrogen) atoms. The number of carboxylic acid groups (broad SMARTS) is 1. The number of nitrogens with zero attached hydrogens (tertiary/aromatic N) is 2. The number of aromatic carboxylic acids is 1. The molecule has 0 radical (unpaired) electrons. The summed E-state index contributed by atoms with van der Waals surface area (Å²) in [6.07, 6.45) is 3.26. The van der Waals surface area contributed by atoms with E-state index in [1.807, 2.05) is 49.4 Å². The Morgan fingerprint density at radius 2 is 1.87 bits per heavy atom. The van der Waals surface area contributed by atoms with E-state index in [9.17, 15) is 15.2 Å². The zero-order chi connectivity index (χ0) is 27.6. The molecular weight excluding hydrogens is 490 g/mol. The molecule has 0 saturated heterocycles. The van der Waals surface area contributed by atoms with E-state index < -0.39 is 5.97 Å². The minimum atomic E-state index is -0.889. The number of hydrogen-bond acceptors (Lipinski definition) is 6. The topological polar surface area (TPSA) is 94.8 Å². The number of nitriles is 1. The minimum Gasteiger partial charge on any atom is -0.490 e. The first-order valence-electron chi connectivity index (χ1n) is 13.7. The van der Waals surface area contributed by atoms with Crippen LogP contribution in [0.25, 0.3) is 0 Å². The first-order valence-corrected chi connectivity index (χ1v) is 13.7. The van der Waals surface area contributed by atoms with Crippen LogP contribution in [0, 0.1) is 11.3 Å². The molecule has 3 aromatic rings. The zero-order valence-corrected chi connectivity index (χ0v) is 22.8. The molecule has 204 valence electrons. The summed E-state index contributed by atoms with van der Waals surface area (Å²) in [4.78, 5) is 13.8. The molecule has 3 aromatic carbocycles. The summed E-state index contributed by atoms with van der Waals surface area (Å²) in [6.45, 7) is 7.61. The maximum absolute atomic E-state index is 11.5. The van der Waals surface area contributed by atoms with Crippen LogP contribution in [0.4, 0.5) is 5.69 Å². The number of aryl methyl sites for hydroxylation is 1. The molecular formula is C32H37N3O4. The highest BCUT2D eigenvalue weighted by molar-refractivity contribution is 5.89. The molecule has 1 unspecified atom stereocenters. The predicted molar refractivity (Wildman–Crippen MR) is 153 cm³/mol. The normalized spacial score (nSPS) is 13.0. The van der Waals surface area contributed by atoms with Gasteiger partial charge in [0.05, 0.1) is 23.4 Å². The smallest absolute Gasteiger partial charge is 0.335 e. The number of anilines is 1. The SMILES string of the molecule is CCOc1ccccc1OCCNC(C)Cc1cc(C#N)c2c(c1)CCN2CCCc1ccccc1C(=O)O. The fourth-order valence-corrected chi connectivity index (χ4v) is 5.26. The standard InChI is InChI=1S/C32H37N3O4/c1-3-38-29-12-6-7-13-30(29)39-18-15-34-23(2)19-24-20-26-14-17-35(31(26)27(21-24)22-33)16-8-10-25-9-4-5-11-28(25)32(36)37/h4-7,9,11-13,20-21,23,34H,3,8,10,14-19H2,1-2H3,(H,36,37). The molecule has 1 atom stereocenters. The third-order valence-electron chi connectivity index (χ3n) is 7.00. The van der Waals surface area contributed by atoms with Crippen molar-refractivity contribution in [2.75, 3.05) is 37.7 Å². The predicted octanol–water partition coefficient (Wildman–Crippen LogP) is 5.25. The average Bonchev–Trinajstić information content (AvgIpc) is 3.34. The van der Waals surface area contributed by atoms with Crippen molar-refractivity contribution in [3.05, 3.63) is 88.5 Å². The van der Waals surface area contributed by atoms with E-state index in [-0.39, 0.29) is 6.04 Å². The Bertz CT molecular complexity index is 1320. The lowest BCUT2D eigenvalue weighted by molar-refractivity contribution is 0.0695. The fraction of sp³-hybridized carbons (Fsp3) is 0.375. The highest BCUT2D eigenvalue weighted by Crippen LogP contribution is 2.33. The van der Waals surface area contributed by atoms with E-state index in [0.717, 1.165) is 60.7 Å². The number of benzene rings is 3. The number of carbonyl (C=O) groups is 1. The summed E-state index contributed by atoms with van der Waals surface area (Å²) in [5.74, 6) is 0.621. The van der Waals surface area contributed by atoms with Crippen LogP contribution in [0.5, 0.6) is 11.5 Å². The van der Waals surface area contributed by atoms with Gasteiger partial charge in [0, 0.05) is 25.7 Å². The lowest BCUT2D eigenvalue weighted by Crippen LogP contribution is -2.32. The molecule has 1 heterocycles. The second kappa shape index (κ2) is 13.7. The molecule has 0 saturated carbocycles. The summed E-state index contributed by atoms with van der Waals surface area (Å²) < 4.78 is 11.5. The molecule has 0 amide bonds. The van der Waals surface area contributed by atoms with Crippen LogP contribution in [-0.2, 0) is 19.3 Å². The Hall–Kier alpha value is -4.02. The van der Waals surface area contributed by atoms with Crippen molar-refractivity contribution in [3.63, 3.8) is 0 Å². The number of carboxylic acids is 1. The first kappa shape index (κ1) is 28.0. The molecule has 0 aliphatic carbocycles. The van der Waals surface area contributed by atoms with E-state index in [1.165, 1.54) is 5.56 Å². The average molecular weight is 528 g/mol. The van der Waals surface area contributed by atoms with Crippen LogP contribution < -0.4 is 19.7 Å². The summed E-state index contributed by atoms with van der Waals surface area (Å²) in [6, 6.07) is 21.8. The van der Waals surface area contributed by atoms with Gasteiger partial charge in [-0.25, -0.2) is 4.79 Å². The van der Waals surface area contributed by atoms with Crippen molar-refractivity contribution in [2.24, 2.45) is 0 Å². The molecule has 2 N–H and O–H groups in total. The van der Waals surface area contributed by atoms with Gasteiger partial charge in [0.25, 0.3) is 0 Å². The van der Waals surface area contributed by atoms with Gasteiger partial charge in [0.1, 0.15) is 12.7 Å². The first-order chi connectivity index (χ1) is 19.0. The molecule has 0 aromatic heterocycles.